The van der Waals surface area contributed by atoms with Crippen molar-refractivity contribution in [1.82, 2.24) is 0 Å². The molecule has 0 saturated carbocycles. The summed E-state index contributed by atoms with van der Waals surface area (Å²) < 4.78 is 22.2. The zero-order chi connectivity index (χ0) is 17.5. The molecule has 0 N–H and O–H groups in total. The highest BCUT2D eigenvalue weighted by atomic mass is 79.9. The number of hydrogen-bond acceptors (Lipinski definition) is 5. The van der Waals surface area contributed by atoms with Gasteiger partial charge < -0.3 is 18.9 Å². The summed E-state index contributed by atoms with van der Waals surface area (Å²) in [7, 11) is 3.11. The van der Waals surface area contributed by atoms with Crippen LogP contribution in [0.3, 0.4) is 0 Å². The van der Waals surface area contributed by atoms with E-state index in [1.54, 1.807) is 13.2 Å². The maximum Gasteiger partial charge on any atom is 0.303 e. The van der Waals surface area contributed by atoms with Crippen LogP contribution in [-0.4, -0.2) is 27.0 Å². The first-order chi connectivity index (χ1) is 11.6. The predicted molar refractivity (Wildman–Crippen MR) is 93.2 cm³/mol. The molecule has 0 amide bonds. The molecular formula is C18H19BrO5. The largest absolute Gasteiger partial charge is 0.495 e. The van der Waals surface area contributed by atoms with E-state index in [4.69, 9.17) is 18.9 Å². The van der Waals surface area contributed by atoms with E-state index in [9.17, 15) is 4.79 Å². The van der Waals surface area contributed by atoms with Crippen LogP contribution in [0.4, 0.5) is 0 Å². The van der Waals surface area contributed by atoms with E-state index < -0.39 is 6.10 Å². The van der Waals surface area contributed by atoms with E-state index >= 15 is 0 Å². The Balaban J connectivity index is 2.54. The Bertz CT molecular complexity index is 687. The van der Waals surface area contributed by atoms with Crippen LogP contribution in [0.25, 0.3) is 0 Å². The summed E-state index contributed by atoms with van der Waals surface area (Å²) in [5, 5.41) is 0. The lowest BCUT2D eigenvalue weighted by Crippen LogP contribution is -2.13. The SMILES string of the molecule is COCOc1cc(OC)c(Br)cc1C(OC(C)=O)c1ccccc1. The highest BCUT2D eigenvalue weighted by Gasteiger charge is 2.23. The number of carbonyl (C=O) groups excluding carboxylic acids is 1. The quantitative estimate of drug-likeness (QED) is 0.522. The van der Waals surface area contributed by atoms with Crippen LogP contribution < -0.4 is 9.47 Å². The van der Waals surface area contributed by atoms with Crippen LogP contribution in [0.1, 0.15) is 24.2 Å². The third kappa shape index (κ3) is 4.49. The standard InChI is InChI=1S/C18H19BrO5/c1-12(20)24-18(13-7-5-4-6-8-13)14-9-15(19)17(22-3)10-16(14)23-11-21-2/h4-10,18H,11H2,1-3H3. The number of halogens is 1. The third-order valence-electron chi connectivity index (χ3n) is 3.29. The van der Waals surface area contributed by atoms with Crippen molar-refractivity contribution >= 4 is 21.9 Å². The van der Waals surface area contributed by atoms with Crippen LogP contribution in [0.5, 0.6) is 11.5 Å². The highest BCUT2D eigenvalue weighted by Crippen LogP contribution is 2.39. The third-order valence-corrected chi connectivity index (χ3v) is 3.90. The summed E-state index contributed by atoms with van der Waals surface area (Å²) in [5.41, 5.74) is 1.54. The van der Waals surface area contributed by atoms with Gasteiger partial charge in [-0.25, -0.2) is 0 Å². The molecule has 128 valence electrons. The maximum atomic E-state index is 11.6. The smallest absolute Gasteiger partial charge is 0.303 e. The number of carbonyl (C=O) groups is 1. The van der Waals surface area contributed by atoms with Crippen molar-refractivity contribution in [3.8, 4) is 11.5 Å². The molecule has 5 nitrogen and oxygen atoms in total. The Kier molecular flexibility index (Phi) is 6.63. The monoisotopic (exact) mass is 394 g/mol. The van der Waals surface area contributed by atoms with Gasteiger partial charge in [0.2, 0.25) is 0 Å². The Hall–Kier alpha value is -2.05. The normalized spacial score (nSPS) is 11.7. The second-order valence-electron chi connectivity index (χ2n) is 4.98. The zero-order valence-electron chi connectivity index (χ0n) is 13.7. The molecule has 0 heterocycles. The summed E-state index contributed by atoms with van der Waals surface area (Å²) >= 11 is 3.46. The first-order valence-corrected chi connectivity index (χ1v) is 8.07. The average molecular weight is 395 g/mol. The van der Waals surface area contributed by atoms with Crippen molar-refractivity contribution in [2.24, 2.45) is 0 Å². The lowest BCUT2D eigenvalue weighted by molar-refractivity contribution is -0.144. The fourth-order valence-corrected chi connectivity index (χ4v) is 2.79. The van der Waals surface area contributed by atoms with Crippen LogP contribution in [0.15, 0.2) is 46.9 Å². The average Bonchev–Trinajstić information content (AvgIpc) is 2.59. The topological polar surface area (TPSA) is 54.0 Å². The Labute approximate surface area is 149 Å². The fraction of sp³-hybridized carbons (Fsp3) is 0.278. The molecule has 0 radical (unpaired) electrons. The molecule has 0 aliphatic heterocycles. The minimum atomic E-state index is -0.599. The molecule has 0 bridgehead atoms. The van der Waals surface area contributed by atoms with E-state index in [2.05, 4.69) is 15.9 Å². The van der Waals surface area contributed by atoms with Crippen molar-refractivity contribution in [1.29, 1.82) is 0 Å². The Morgan fingerprint density at radius 3 is 2.42 bits per heavy atom. The molecule has 6 heteroatoms. The molecule has 0 aliphatic rings. The minimum Gasteiger partial charge on any atom is -0.495 e. The van der Waals surface area contributed by atoms with Gasteiger partial charge in [0.05, 0.1) is 11.6 Å². The van der Waals surface area contributed by atoms with Crippen LogP contribution in [-0.2, 0) is 14.3 Å². The Morgan fingerprint density at radius 2 is 1.83 bits per heavy atom. The first kappa shape index (κ1) is 18.3. The molecule has 0 fully saturated rings. The molecule has 0 spiro atoms. The van der Waals surface area contributed by atoms with Gasteiger partial charge in [0.25, 0.3) is 0 Å². The van der Waals surface area contributed by atoms with Gasteiger partial charge >= 0.3 is 5.97 Å². The van der Waals surface area contributed by atoms with Gasteiger partial charge in [-0.2, -0.15) is 0 Å². The summed E-state index contributed by atoms with van der Waals surface area (Å²) in [6.45, 7) is 1.45. The lowest BCUT2D eigenvalue weighted by Gasteiger charge is -2.22. The number of hydrogen-bond donors (Lipinski definition) is 0. The van der Waals surface area contributed by atoms with Gasteiger partial charge in [-0.1, -0.05) is 30.3 Å². The summed E-state index contributed by atoms with van der Waals surface area (Å²) in [5.74, 6) is 0.750. The van der Waals surface area contributed by atoms with Crippen LogP contribution in [0, 0.1) is 0 Å². The van der Waals surface area contributed by atoms with E-state index in [1.165, 1.54) is 14.0 Å². The van der Waals surface area contributed by atoms with Gasteiger partial charge in [-0.05, 0) is 27.6 Å². The molecule has 0 saturated heterocycles. The first-order valence-electron chi connectivity index (χ1n) is 7.28. The summed E-state index contributed by atoms with van der Waals surface area (Å²) in [6.07, 6.45) is -0.599. The number of ether oxygens (including phenoxy) is 4. The second-order valence-corrected chi connectivity index (χ2v) is 5.83. The molecule has 2 aromatic rings. The van der Waals surface area contributed by atoms with Crippen molar-refractivity contribution in [3.05, 3.63) is 58.1 Å². The number of esters is 1. The molecule has 24 heavy (non-hydrogen) atoms. The van der Waals surface area contributed by atoms with Gasteiger partial charge in [-0.15, -0.1) is 0 Å². The van der Waals surface area contributed by atoms with Crippen molar-refractivity contribution < 1.29 is 23.7 Å². The fourth-order valence-electron chi connectivity index (χ4n) is 2.26. The number of methoxy groups -OCH3 is 2. The van der Waals surface area contributed by atoms with Crippen LogP contribution >= 0.6 is 15.9 Å². The summed E-state index contributed by atoms with van der Waals surface area (Å²) in [4.78, 5) is 11.6. The minimum absolute atomic E-state index is 0.0688. The second kappa shape index (κ2) is 8.70. The van der Waals surface area contributed by atoms with Crippen molar-refractivity contribution in [2.75, 3.05) is 21.0 Å². The van der Waals surface area contributed by atoms with Crippen molar-refractivity contribution in [2.45, 2.75) is 13.0 Å². The molecule has 0 aliphatic carbocycles. The van der Waals surface area contributed by atoms with E-state index in [1.807, 2.05) is 36.4 Å². The Morgan fingerprint density at radius 1 is 1.12 bits per heavy atom. The lowest BCUT2D eigenvalue weighted by atomic mass is 10.00. The molecule has 1 atom stereocenters. The van der Waals surface area contributed by atoms with E-state index in [0.717, 1.165) is 10.0 Å². The summed E-state index contributed by atoms with van der Waals surface area (Å²) in [6, 6.07) is 13.0. The highest BCUT2D eigenvalue weighted by molar-refractivity contribution is 9.10. The molecule has 2 rings (SSSR count). The molecule has 1 unspecified atom stereocenters. The molecular weight excluding hydrogens is 376 g/mol. The van der Waals surface area contributed by atoms with Gasteiger partial charge in [0.15, 0.2) is 12.9 Å². The van der Waals surface area contributed by atoms with Crippen molar-refractivity contribution in [3.63, 3.8) is 0 Å². The molecule has 0 aromatic heterocycles. The van der Waals surface area contributed by atoms with Crippen LogP contribution in [0.2, 0.25) is 0 Å². The predicted octanol–water partition coefficient (Wildman–Crippen LogP) is 4.09. The maximum absolute atomic E-state index is 11.6. The number of rotatable bonds is 7. The van der Waals surface area contributed by atoms with E-state index in [0.29, 0.717) is 17.1 Å². The zero-order valence-corrected chi connectivity index (χ0v) is 15.3. The molecule has 2 aromatic carbocycles. The van der Waals surface area contributed by atoms with Gasteiger partial charge in [0, 0.05) is 25.7 Å². The number of benzene rings is 2. The van der Waals surface area contributed by atoms with Gasteiger partial charge in [-0.3, -0.25) is 4.79 Å². The van der Waals surface area contributed by atoms with E-state index in [-0.39, 0.29) is 12.8 Å². The van der Waals surface area contributed by atoms with Gasteiger partial charge in [0.1, 0.15) is 11.5 Å².